The van der Waals surface area contributed by atoms with E-state index in [4.69, 9.17) is 0 Å². The Kier molecular flexibility index (Phi) is 4.66. The Morgan fingerprint density at radius 3 is 2.77 bits per heavy atom. The number of hydrogen-bond donors (Lipinski definition) is 2. The Morgan fingerprint density at radius 1 is 1.13 bits per heavy atom. The lowest BCUT2D eigenvalue weighted by molar-refractivity contribution is 0.618. The Labute approximate surface area is 176 Å². The highest BCUT2D eigenvalue weighted by molar-refractivity contribution is 5.82. The molecule has 0 amide bonds. The van der Waals surface area contributed by atoms with Gasteiger partial charge in [0.15, 0.2) is 11.5 Å². The Bertz CT molecular complexity index is 1440. The van der Waals surface area contributed by atoms with Crippen LogP contribution in [0.1, 0.15) is 24.9 Å². The van der Waals surface area contributed by atoms with Crippen molar-refractivity contribution in [3.63, 3.8) is 0 Å². The summed E-state index contributed by atoms with van der Waals surface area (Å²) in [6.45, 7) is 2.03. The minimum atomic E-state index is -0.464. The van der Waals surface area contributed by atoms with Crippen LogP contribution in [0.2, 0.25) is 0 Å². The predicted molar refractivity (Wildman–Crippen MR) is 117 cm³/mol. The molecule has 8 heteroatoms. The summed E-state index contributed by atoms with van der Waals surface area (Å²) in [4.78, 5) is 29.3. The number of nitrogens with zero attached hydrogens (tertiary/aromatic N) is 4. The molecule has 7 nitrogen and oxygen atoms in total. The average Bonchev–Trinajstić information content (AvgIpc) is 3.28. The summed E-state index contributed by atoms with van der Waals surface area (Å²) in [5.74, 6) is 0.116. The lowest BCUT2D eigenvalue weighted by Gasteiger charge is -2.22. The highest BCUT2D eigenvalue weighted by atomic mass is 19.1. The number of anilines is 1. The number of aromatic nitrogens is 5. The van der Waals surface area contributed by atoms with Crippen LogP contribution in [0, 0.1) is 5.82 Å². The average molecular weight is 414 g/mol. The first-order valence-corrected chi connectivity index (χ1v) is 9.96. The van der Waals surface area contributed by atoms with Crippen molar-refractivity contribution in [1.29, 1.82) is 0 Å². The van der Waals surface area contributed by atoms with E-state index in [1.807, 2.05) is 43.3 Å². The maximum Gasteiger partial charge on any atom is 0.263 e. The van der Waals surface area contributed by atoms with E-state index in [1.165, 1.54) is 23.0 Å². The predicted octanol–water partition coefficient (Wildman–Crippen LogP) is 4.34. The van der Waals surface area contributed by atoms with Crippen LogP contribution in [0.4, 0.5) is 10.2 Å². The monoisotopic (exact) mass is 414 g/mol. The third-order valence-electron chi connectivity index (χ3n) is 5.34. The van der Waals surface area contributed by atoms with Gasteiger partial charge in [-0.3, -0.25) is 9.20 Å². The second kappa shape index (κ2) is 7.64. The summed E-state index contributed by atoms with van der Waals surface area (Å²) in [6.07, 6.45) is 4.94. The highest BCUT2D eigenvalue weighted by Gasteiger charge is 2.21. The summed E-state index contributed by atoms with van der Waals surface area (Å²) in [7, 11) is 0. The first-order chi connectivity index (χ1) is 15.2. The van der Waals surface area contributed by atoms with Gasteiger partial charge in [-0.2, -0.15) is 0 Å². The summed E-state index contributed by atoms with van der Waals surface area (Å²) in [5.41, 5.74) is 3.71. The number of aromatic amines is 1. The Hall–Kier alpha value is -4.07. The van der Waals surface area contributed by atoms with Crippen molar-refractivity contribution in [1.82, 2.24) is 24.3 Å². The number of imidazole rings is 1. The van der Waals surface area contributed by atoms with E-state index in [1.54, 1.807) is 12.4 Å². The van der Waals surface area contributed by atoms with Gasteiger partial charge in [-0.25, -0.2) is 19.3 Å². The fraction of sp³-hybridized carbons (Fsp3) is 0.130. The fourth-order valence-electron chi connectivity index (χ4n) is 3.86. The number of halogens is 1. The van der Waals surface area contributed by atoms with E-state index >= 15 is 0 Å². The molecule has 154 valence electrons. The molecule has 0 unspecified atom stereocenters. The van der Waals surface area contributed by atoms with Gasteiger partial charge < -0.3 is 10.3 Å². The van der Waals surface area contributed by atoms with Crippen LogP contribution < -0.4 is 10.9 Å². The molecule has 0 radical (unpaired) electrons. The van der Waals surface area contributed by atoms with E-state index < -0.39 is 5.82 Å². The number of hydrogen-bond acceptors (Lipinski definition) is 5. The molecule has 5 aromatic rings. The first-order valence-electron chi connectivity index (χ1n) is 9.96. The Morgan fingerprint density at radius 2 is 1.97 bits per heavy atom. The molecule has 0 saturated heterocycles. The molecule has 0 aliphatic heterocycles. The Balaban J connectivity index is 1.72. The van der Waals surface area contributed by atoms with Crippen LogP contribution in [-0.4, -0.2) is 24.3 Å². The summed E-state index contributed by atoms with van der Waals surface area (Å²) in [5, 5.41) is 3.43. The molecule has 0 saturated carbocycles. The maximum absolute atomic E-state index is 13.9. The van der Waals surface area contributed by atoms with Crippen molar-refractivity contribution in [3.05, 3.63) is 89.1 Å². The van der Waals surface area contributed by atoms with Gasteiger partial charge >= 0.3 is 0 Å². The van der Waals surface area contributed by atoms with Crippen LogP contribution in [0.3, 0.4) is 0 Å². The fourth-order valence-corrected chi connectivity index (χ4v) is 3.86. The number of H-pyrrole nitrogens is 1. The largest absolute Gasteiger partial charge is 0.361 e. The molecule has 1 aromatic carbocycles. The smallest absolute Gasteiger partial charge is 0.263 e. The molecule has 31 heavy (non-hydrogen) atoms. The van der Waals surface area contributed by atoms with Crippen molar-refractivity contribution in [2.45, 2.75) is 19.4 Å². The van der Waals surface area contributed by atoms with E-state index in [9.17, 15) is 9.18 Å². The standard InChI is InChI=1S/C23H19FN6O/c1-2-18(29-22-20-21(26-12-25-20)27-13-28-22)17-10-16-9-8-15(24)11-30(16)23(31)19(17)14-6-4-3-5-7-14/h3-13,18H,2H2,1H3,(H2,25,26,27,28,29)/t18-/m1/s1. The van der Waals surface area contributed by atoms with Crippen molar-refractivity contribution < 1.29 is 4.39 Å². The van der Waals surface area contributed by atoms with E-state index in [0.29, 0.717) is 34.5 Å². The molecule has 0 spiro atoms. The summed E-state index contributed by atoms with van der Waals surface area (Å²) < 4.78 is 15.2. The van der Waals surface area contributed by atoms with E-state index in [-0.39, 0.29) is 11.6 Å². The van der Waals surface area contributed by atoms with Crippen LogP contribution in [0.25, 0.3) is 27.8 Å². The van der Waals surface area contributed by atoms with Crippen molar-refractivity contribution in [2.24, 2.45) is 0 Å². The molecule has 0 aliphatic carbocycles. The first kappa shape index (κ1) is 18.9. The SMILES string of the molecule is CC[C@@H](Nc1ncnc2[nH]cnc12)c1cc2ccc(F)cn2c(=O)c1-c1ccccc1. The van der Waals surface area contributed by atoms with Crippen molar-refractivity contribution in [3.8, 4) is 11.1 Å². The summed E-state index contributed by atoms with van der Waals surface area (Å²) >= 11 is 0. The molecule has 5 rings (SSSR count). The number of nitrogens with one attached hydrogen (secondary N) is 2. The van der Waals surface area contributed by atoms with Gasteiger partial charge in [0.1, 0.15) is 17.7 Å². The van der Waals surface area contributed by atoms with E-state index in [0.717, 1.165) is 11.1 Å². The van der Waals surface area contributed by atoms with Crippen molar-refractivity contribution in [2.75, 3.05) is 5.32 Å². The second-order valence-electron chi connectivity index (χ2n) is 7.22. The van der Waals surface area contributed by atoms with Crippen LogP contribution in [0.5, 0.6) is 0 Å². The molecule has 4 heterocycles. The van der Waals surface area contributed by atoms with Crippen molar-refractivity contribution >= 4 is 22.5 Å². The zero-order chi connectivity index (χ0) is 21.4. The third kappa shape index (κ3) is 3.31. The number of fused-ring (bicyclic) bond motifs is 2. The zero-order valence-corrected chi connectivity index (χ0v) is 16.7. The molecular weight excluding hydrogens is 395 g/mol. The topological polar surface area (TPSA) is 88.0 Å². The lowest BCUT2D eigenvalue weighted by atomic mass is 9.94. The number of benzene rings is 1. The minimum Gasteiger partial charge on any atom is -0.361 e. The van der Waals surface area contributed by atoms with Gasteiger partial charge in [-0.1, -0.05) is 37.3 Å². The second-order valence-corrected chi connectivity index (χ2v) is 7.22. The normalized spacial score (nSPS) is 12.3. The molecular formula is C23H19FN6O. The van der Waals surface area contributed by atoms with Gasteiger partial charge in [-0.05, 0) is 35.7 Å². The van der Waals surface area contributed by atoms with Gasteiger partial charge in [0.2, 0.25) is 0 Å². The van der Waals surface area contributed by atoms with Gasteiger partial charge in [0.25, 0.3) is 5.56 Å². The molecule has 4 aromatic heterocycles. The van der Waals surface area contributed by atoms with Crippen LogP contribution in [-0.2, 0) is 0 Å². The van der Waals surface area contributed by atoms with E-state index in [2.05, 4.69) is 25.3 Å². The van der Waals surface area contributed by atoms with Crippen LogP contribution >= 0.6 is 0 Å². The van der Waals surface area contributed by atoms with Gasteiger partial charge in [-0.15, -0.1) is 0 Å². The van der Waals surface area contributed by atoms with Gasteiger partial charge in [0, 0.05) is 11.7 Å². The lowest BCUT2D eigenvalue weighted by Crippen LogP contribution is -2.22. The minimum absolute atomic E-state index is 0.229. The number of rotatable bonds is 5. The van der Waals surface area contributed by atoms with Crippen LogP contribution in [0.15, 0.2) is 72.2 Å². The summed E-state index contributed by atoms with van der Waals surface area (Å²) in [6, 6.07) is 14.1. The molecule has 0 aliphatic rings. The molecule has 0 fully saturated rings. The zero-order valence-electron chi connectivity index (χ0n) is 16.7. The highest BCUT2D eigenvalue weighted by Crippen LogP contribution is 2.31. The molecule has 2 N–H and O–H groups in total. The maximum atomic E-state index is 13.9. The molecule has 0 bridgehead atoms. The quantitative estimate of drug-likeness (QED) is 0.447. The van der Waals surface area contributed by atoms with Gasteiger partial charge in [0.05, 0.1) is 17.9 Å². The third-order valence-corrected chi connectivity index (χ3v) is 5.34. The number of pyridine rings is 2. The molecule has 1 atom stereocenters.